The highest BCUT2D eigenvalue weighted by atomic mass is 16.5. The van der Waals surface area contributed by atoms with Gasteiger partial charge in [-0.2, -0.15) is 0 Å². The SMILES string of the molecule is CC[N+]1(COC)CCCC1. The minimum absolute atomic E-state index is 0.913. The van der Waals surface area contributed by atoms with Gasteiger partial charge >= 0.3 is 0 Å². The van der Waals surface area contributed by atoms with Crippen LogP contribution in [0.4, 0.5) is 0 Å². The Morgan fingerprint density at radius 3 is 2.30 bits per heavy atom. The molecule has 0 aliphatic carbocycles. The Morgan fingerprint density at radius 2 is 1.90 bits per heavy atom. The molecule has 60 valence electrons. The Labute approximate surface area is 63.4 Å². The molecule has 1 fully saturated rings. The standard InChI is InChI=1S/C8H18NO/c1-3-9(8-10-2)6-4-5-7-9/h3-8H2,1-2H3/q+1. The summed E-state index contributed by atoms with van der Waals surface area (Å²) in [5.74, 6) is 0. The maximum Gasteiger partial charge on any atom is 0.182 e. The van der Waals surface area contributed by atoms with E-state index in [2.05, 4.69) is 6.92 Å². The molecule has 1 rings (SSSR count). The van der Waals surface area contributed by atoms with Gasteiger partial charge < -0.3 is 9.22 Å². The normalized spacial score (nSPS) is 23.4. The summed E-state index contributed by atoms with van der Waals surface area (Å²) in [7, 11) is 1.80. The molecule has 0 unspecified atom stereocenters. The zero-order valence-corrected chi connectivity index (χ0v) is 7.10. The second-order valence-corrected chi connectivity index (χ2v) is 3.23. The van der Waals surface area contributed by atoms with Gasteiger partial charge in [0.2, 0.25) is 0 Å². The zero-order valence-electron chi connectivity index (χ0n) is 7.10. The molecule has 2 heteroatoms. The predicted molar refractivity (Wildman–Crippen MR) is 41.6 cm³/mol. The maximum atomic E-state index is 5.19. The first kappa shape index (κ1) is 8.02. The van der Waals surface area contributed by atoms with Crippen LogP contribution in [0.15, 0.2) is 0 Å². The van der Waals surface area contributed by atoms with Gasteiger partial charge in [-0.1, -0.05) is 0 Å². The summed E-state index contributed by atoms with van der Waals surface area (Å²) in [5, 5.41) is 0. The molecule has 0 aromatic heterocycles. The number of hydrogen-bond acceptors (Lipinski definition) is 1. The van der Waals surface area contributed by atoms with E-state index in [-0.39, 0.29) is 0 Å². The second-order valence-electron chi connectivity index (χ2n) is 3.23. The fraction of sp³-hybridized carbons (Fsp3) is 1.00. The van der Waals surface area contributed by atoms with E-state index in [9.17, 15) is 0 Å². The molecule has 0 saturated carbocycles. The summed E-state index contributed by atoms with van der Waals surface area (Å²) < 4.78 is 6.38. The summed E-state index contributed by atoms with van der Waals surface area (Å²) in [5.41, 5.74) is 0. The molecule has 1 aliphatic heterocycles. The number of likely N-dealkylation sites (tertiary alicyclic amines) is 1. The van der Waals surface area contributed by atoms with Gasteiger partial charge in [0, 0.05) is 20.0 Å². The molecular formula is C8H18NO+. The monoisotopic (exact) mass is 144 g/mol. The van der Waals surface area contributed by atoms with Gasteiger partial charge in [-0.05, 0) is 6.92 Å². The third-order valence-corrected chi connectivity index (χ3v) is 2.59. The number of nitrogens with zero attached hydrogens (tertiary/aromatic N) is 1. The molecule has 2 nitrogen and oxygen atoms in total. The van der Waals surface area contributed by atoms with Crippen molar-refractivity contribution in [3.8, 4) is 0 Å². The van der Waals surface area contributed by atoms with Crippen LogP contribution in [-0.4, -0.2) is 38.0 Å². The van der Waals surface area contributed by atoms with Gasteiger partial charge in [0.1, 0.15) is 0 Å². The Hall–Kier alpha value is -0.0800. The minimum Gasteiger partial charge on any atom is -0.335 e. The fourth-order valence-corrected chi connectivity index (χ4v) is 1.82. The molecule has 0 atom stereocenters. The third-order valence-electron chi connectivity index (χ3n) is 2.59. The quantitative estimate of drug-likeness (QED) is 0.541. The lowest BCUT2D eigenvalue weighted by atomic mass is 10.4. The van der Waals surface area contributed by atoms with Crippen molar-refractivity contribution >= 4 is 0 Å². The van der Waals surface area contributed by atoms with E-state index in [1.54, 1.807) is 7.11 Å². The molecule has 0 N–H and O–H groups in total. The summed E-state index contributed by atoms with van der Waals surface area (Å²) in [4.78, 5) is 0. The molecule has 0 bridgehead atoms. The van der Waals surface area contributed by atoms with Gasteiger partial charge in [0.25, 0.3) is 0 Å². The topological polar surface area (TPSA) is 9.23 Å². The number of hydrogen-bond donors (Lipinski definition) is 0. The molecule has 10 heavy (non-hydrogen) atoms. The lowest BCUT2D eigenvalue weighted by Crippen LogP contribution is -2.46. The average Bonchev–Trinajstić information content (AvgIpc) is 2.39. The fourth-order valence-electron chi connectivity index (χ4n) is 1.82. The van der Waals surface area contributed by atoms with Gasteiger partial charge in [-0.3, -0.25) is 0 Å². The lowest BCUT2D eigenvalue weighted by Gasteiger charge is -2.31. The highest BCUT2D eigenvalue weighted by Crippen LogP contribution is 2.18. The molecule has 0 amide bonds. The highest BCUT2D eigenvalue weighted by Gasteiger charge is 2.29. The molecule has 1 heterocycles. The molecule has 0 spiro atoms. The summed E-state index contributed by atoms with van der Waals surface area (Å²) >= 11 is 0. The van der Waals surface area contributed by atoms with Gasteiger partial charge in [0.05, 0.1) is 19.6 Å². The molecule has 0 aromatic rings. The Balaban J connectivity index is 2.41. The van der Waals surface area contributed by atoms with Crippen molar-refractivity contribution in [1.82, 2.24) is 0 Å². The van der Waals surface area contributed by atoms with Crippen molar-refractivity contribution in [3.05, 3.63) is 0 Å². The maximum absolute atomic E-state index is 5.19. The van der Waals surface area contributed by atoms with E-state index in [4.69, 9.17) is 4.74 Å². The molecule has 1 aliphatic rings. The third kappa shape index (κ3) is 1.50. The van der Waals surface area contributed by atoms with Crippen LogP contribution < -0.4 is 0 Å². The van der Waals surface area contributed by atoms with Gasteiger partial charge in [0.15, 0.2) is 6.73 Å². The first-order valence-electron chi connectivity index (χ1n) is 4.17. The van der Waals surface area contributed by atoms with Crippen LogP contribution >= 0.6 is 0 Å². The van der Waals surface area contributed by atoms with Crippen molar-refractivity contribution < 1.29 is 9.22 Å². The van der Waals surface area contributed by atoms with Gasteiger partial charge in [-0.25, -0.2) is 0 Å². The molecule has 0 aromatic carbocycles. The molecular weight excluding hydrogens is 126 g/mol. The van der Waals surface area contributed by atoms with E-state index in [0.29, 0.717) is 0 Å². The first-order chi connectivity index (χ1) is 4.83. The summed E-state index contributed by atoms with van der Waals surface area (Å²) in [6, 6.07) is 0. The van der Waals surface area contributed by atoms with E-state index in [1.807, 2.05) is 0 Å². The van der Waals surface area contributed by atoms with E-state index in [0.717, 1.165) is 6.73 Å². The van der Waals surface area contributed by atoms with Crippen LogP contribution in [0.3, 0.4) is 0 Å². The van der Waals surface area contributed by atoms with Crippen LogP contribution in [0.2, 0.25) is 0 Å². The van der Waals surface area contributed by atoms with Gasteiger partial charge in [-0.15, -0.1) is 0 Å². The van der Waals surface area contributed by atoms with Crippen LogP contribution in [-0.2, 0) is 4.74 Å². The Bertz CT molecular complexity index is 97.4. The summed E-state index contributed by atoms with van der Waals surface area (Å²) in [6.45, 7) is 7.04. The second kappa shape index (κ2) is 3.35. The smallest absolute Gasteiger partial charge is 0.182 e. The highest BCUT2D eigenvalue weighted by molar-refractivity contribution is 4.50. The van der Waals surface area contributed by atoms with Crippen molar-refractivity contribution in [1.29, 1.82) is 0 Å². The van der Waals surface area contributed by atoms with Crippen molar-refractivity contribution in [2.45, 2.75) is 19.8 Å². The van der Waals surface area contributed by atoms with Crippen molar-refractivity contribution in [2.75, 3.05) is 33.5 Å². The van der Waals surface area contributed by atoms with Crippen LogP contribution in [0, 0.1) is 0 Å². The number of quaternary nitrogens is 1. The predicted octanol–water partition coefficient (Wildman–Crippen LogP) is 1.22. The lowest BCUT2D eigenvalue weighted by molar-refractivity contribution is -0.932. The van der Waals surface area contributed by atoms with E-state index in [1.165, 1.54) is 37.0 Å². The number of ether oxygens (including phenoxy) is 1. The van der Waals surface area contributed by atoms with Crippen LogP contribution in [0.1, 0.15) is 19.8 Å². The first-order valence-corrected chi connectivity index (χ1v) is 4.17. The largest absolute Gasteiger partial charge is 0.335 e. The van der Waals surface area contributed by atoms with Crippen molar-refractivity contribution in [2.24, 2.45) is 0 Å². The van der Waals surface area contributed by atoms with Crippen LogP contribution in [0.5, 0.6) is 0 Å². The van der Waals surface area contributed by atoms with Crippen molar-refractivity contribution in [3.63, 3.8) is 0 Å². The Kier molecular flexibility index (Phi) is 2.69. The Morgan fingerprint density at radius 1 is 1.30 bits per heavy atom. The van der Waals surface area contributed by atoms with E-state index < -0.39 is 0 Å². The molecule has 0 radical (unpaired) electrons. The number of methoxy groups -OCH3 is 1. The zero-order chi connectivity index (χ0) is 7.45. The average molecular weight is 144 g/mol. The molecule has 1 saturated heterocycles. The van der Waals surface area contributed by atoms with Crippen LogP contribution in [0.25, 0.3) is 0 Å². The number of rotatable bonds is 3. The minimum atomic E-state index is 0.913. The summed E-state index contributed by atoms with van der Waals surface area (Å²) in [6.07, 6.45) is 2.77. The van der Waals surface area contributed by atoms with E-state index >= 15 is 0 Å².